The highest BCUT2D eigenvalue weighted by atomic mass is 16.4. The quantitative estimate of drug-likeness (QED) is 0.717. The van der Waals surface area contributed by atoms with Crippen molar-refractivity contribution in [2.24, 2.45) is 28.6 Å². The van der Waals surface area contributed by atoms with Crippen LogP contribution in [-0.2, 0) is 11.3 Å². The molecule has 0 radical (unpaired) electrons. The van der Waals surface area contributed by atoms with Gasteiger partial charge in [-0.15, -0.1) is 0 Å². The van der Waals surface area contributed by atoms with E-state index < -0.39 is 5.97 Å². The van der Waals surface area contributed by atoms with Crippen molar-refractivity contribution < 1.29 is 14.7 Å². The van der Waals surface area contributed by atoms with Gasteiger partial charge in [0, 0.05) is 19.3 Å². The number of amides is 1. The second-order valence-corrected chi connectivity index (χ2v) is 10.9. The van der Waals surface area contributed by atoms with Crippen molar-refractivity contribution in [1.29, 1.82) is 0 Å². The highest BCUT2D eigenvalue weighted by Gasteiger charge is 2.70. The van der Waals surface area contributed by atoms with Gasteiger partial charge in [0.2, 0.25) is 0 Å². The first-order valence-corrected chi connectivity index (χ1v) is 11.5. The fraction of sp³-hybridized carbons (Fsp3) is 0.625. The predicted octanol–water partition coefficient (Wildman–Crippen LogP) is 2.80. The molecule has 4 saturated carbocycles. The minimum Gasteiger partial charge on any atom is -0.480 e. The van der Waals surface area contributed by atoms with Crippen LogP contribution >= 0.6 is 0 Å². The highest BCUT2D eigenvalue weighted by molar-refractivity contribution is 5.93. The molecular formula is C24H30N4O3. The Bertz CT molecular complexity index is 1080. The number of imidazole rings is 1. The number of aliphatic carboxylic acids is 1. The summed E-state index contributed by atoms with van der Waals surface area (Å²) in [6.07, 6.45) is 10.1. The number of aromatic nitrogens is 2. The fourth-order valence-corrected chi connectivity index (χ4v) is 7.99. The molecule has 3 bridgehead atoms. The van der Waals surface area contributed by atoms with Crippen LogP contribution in [0.4, 0.5) is 0 Å². The van der Waals surface area contributed by atoms with Gasteiger partial charge in [0.1, 0.15) is 11.3 Å². The normalized spacial score (nSPS) is 34.8. The van der Waals surface area contributed by atoms with Crippen molar-refractivity contribution in [3.8, 4) is 0 Å². The van der Waals surface area contributed by atoms with E-state index in [-0.39, 0.29) is 12.5 Å². The van der Waals surface area contributed by atoms with Gasteiger partial charge in [-0.2, -0.15) is 0 Å². The van der Waals surface area contributed by atoms with E-state index in [2.05, 4.69) is 10.3 Å². The number of nitrogens with one attached hydrogen (secondary N) is 1. The van der Waals surface area contributed by atoms with E-state index in [1.165, 1.54) is 38.5 Å². The monoisotopic (exact) mass is 422 g/mol. The fourth-order valence-electron chi connectivity index (χ4n) is 7.99. The topological polar surface area (TPSA) is 86.9 Å². The van der Waals surface area contributed by atoms with Crippen LogP contribution in [0.5, 0.6) is 0 Å². The minimum atomic E-state index is -0.868. The number of fused-ring (bicyclic) bond motifs is 3. The van der Waals surface area contributed by atoms with Crippen LogP contribution in [0.15, 0.2) is 24.4 Å². The third-order valence-electron chi connectivity index (χ3n) is 8.82. The molecule has 4 aliphatic carbocycles. The standard InChI is InChI=1S/C24H30N4O3/c1-27(12-21(29)30)10-18-11-28-19(3-2-4-20(28)26-18)22(31)25-14-23-7-15-5-16-6-17(9-23)24(16,8-15)13-23/h2-4,11,15-17H,5-10,12-14H2,1H3,(H,25,31)(H,29,30). The molecule has 6 rings (SSSR count). The van der Waals surface area contributed by atoms with Gasteiger partial charge < -0.3 is 10.4 Å². The van der Waals surface area contributed by atoms with Crippen LogP contribution in [0.2, 0.25) is 0 Å². The number of carboxylic acid groups (broad SMARTS) is 1. The second kappa shape index (κ2) is 6.55. The number of hydrogen-bond acceptors (Lipinski definition) is 4. The van der Waals surface area contributed by atoms with Crippen molar-refractivity contribution in [2.75, 3.05) is 20.1 Å². The number of carbonyl (C=O) groups excluding carboxylic acids is 1. The van der Waals surface area contributed by atoms with Crippen molar-refractivity contribution in [2.45, 2.75) is 45.1 Å². The number of rotatable bonds is 7. The maximum Gasteiger partial charge on any atom is 0.317 e. The molecule has 2 heterocycles. The lowest BCUT2D eigenvalue weighted by Gasteiger charge is -2.49. The van der Waals surface area contributed by atoms with Crippen molar-refractivity contribution in [3.05, 3.63) is 35.8 Å². The molecule has 2 aromatic heterocycles. The molecule has 2 aromatic rings. The lowest BCUT2D eigenvalue weighted by Crippen LogP contribution is -2.43. The number of nitrogens with zero attached hydrogens (tertiary/aromatic N) is 3. The Hall–Kier alpha value is -2.41. The zero-order valence-corrected chi connectivity index (χ0v) is 18.0. The third-order valence-corrected chi connectivity index (χ3v) is 8.82. The lowest BCUT2D eigenvalue weighted by molar-refractivity contribution is -0.138. The maximum atomic E-state index is 13.2. The number of pyridine rings is 1. The first-order valence-electron chi connectivity index (χ1n) is 11.5. The van der Waals surface area contributed by atoms with Gasteiger partial charge in [0.05, 0.1) is 12.2 Å². The average Bonchev–Trinajstić information content (AvgIpc) is 3.25. The van der Waals surface area contributed by atoms with E-state index in [0.717, 1.165) is 30.0 Å². The van der Waals surface area contributed by atoms with E-state index in [1.807, 2.05) is 28.8 Å². The molecule has 0 aromatic carbocycles. The third kappa shape index (κ3) is 2.93. The van der Waals surface area contributed by atoms with Gasteiger partial charge in [0.25, 0.3) is 5.91 Å². The number of likely N-dealkylation sites (N-methyl/N-ethyl adjacent to an activating group) is 1. The summed E-state index contributed by atoms with van der Waals surface area (Å²) in [7, 11) is 1.75. The molecule has 2 N–H and O–H groups in total. The Labute approximate surface area is 181 Å². The Balaban J connectivity index is 1.18. The maximum absolute atomic E-state index is 13.2. The first kappa shape index (κ1) is 19.3. The summed E-state index contributed by atoms with van der Waals surface area (Å²) in [5, 5.41) is 12.2. The average molecular weight is 423 g/mol. The zero-order valence-electron chi connectivity index (χ0n) is 18.0. The SMILES string of the molecule is CN(CC(=O)O)Cc1cn2c(C(=O)NCC34CC5CC6CC(C3)C6(C5)C4)cccc2n1. The summed E-state index contributed by atoms with van der Waals surface area (Å²) in [6.45, 7) is 1.16. The molecule has 7 nitrogen and oxygen atoms in total. The predicted molar refractivity (Wildman–Crippen MR) is 115 cm³/mol. The van der Waals surface area contributed by atoms with Gasteiger partial charge in [0.15, 0.2) is 0 Å². The first-order chi connectivity index (χ1) is 14.9. The van der Waals surface area contributed by atoms with Crippen LogP contribution in [0.3, 0.4) is 0 Å². The molecule has 5 atom stereocenters. The summed E-state index contributed by atoms with van der Waals surface area (Å²) < 4.78 is 1.83. The molecule has 164 valence electrons. The highest BCUT2D eigenvalue weighted by Crippen LogP contribution is 2.78. The van der Waals surface area contributed by atoms with Crippen molar-refractivity contribution >= 4 is 17.5 Å². The van der Waals surface area contributed by atoms with Gasteiger partial charge >= 0.3 is 5.97 Å². The number of carbonyl (C=O) groups is 2. The molecule has 0 aliphatic heterocycles. The summed E-state index contributed by atoms with van der Waals surface area (Å²) in [5.41, 5.74) is 2.99. The Kier molecular flexibility index (Phi) is 4.07. The molecule has 31 heavy (non-hydrogen) atoms. The van der Waals surface area contributed by atoms with E-state index >= 15 is 0 Å². The van der Waals surface area contributed by atoms with E-state index in [0.29, 0.717) is 28.7 Å². The van der Waals surface area contributed by atoms with Gasteiger partial charge in [-0.1, -0.05) is 6.07 Å². The summed E-state index contributed by atoms with van der Waals surface area (Å²) in [6, 6.07) is 5.58. The zero-order chi connectivity index (χ0) is 21.4. The van der Waals surface area contributed by atoms with E-state index in [4.69, 9.17) is 5.11 Å². The van der Waals surface area contributed by atoms with Gasteiger partial charge in [-0.25, -0.2) is 4.98 Å². The smallest absolute Gasteiger partial charge is 0.317 e. The van der Waals surface area contributed by atoms with E-state index in [1.54, 1.807) is 11.9 Å². The van der Waals surface area contributed by atoms with Crippen LogP contribution in [0.25, 0.3) is 5.65 Å². The number of hydrogen-bond donors (Lipinski definition) is 2. The molecule has 4 fully saturated rings. The van der Waals surface area contributed by atoms with Gasteiger partial charge in [-0.3, -0.25) is 18.9 Å². The largest absolute Gasteiger partial charge is 0.480 e. The van der Waals surface area contributed by atoms with Crippen molar-refractivity contribution in [1.82, 2.24) is 19.6 Å². The molecule has 1 amide bonds. The molecule has 5 unspecified atom stereocenters. The van der Waals surface area contributed by atoms with Crippen LogP contribution in [0.1, 0.15) is 54.7 Å². The lowest BCUT2D eigenvalue weighted by atomic mass is 9.55. The Morgan fingerprint density at radius 3 is 2.97 bits per heavy atom. The second-order valence-electron chi connectivity index (χ2n) is 10.9. The van der Waals surface area contributed by atoms with Crippen LogP contribution in [-0.4, -0.2) is 51.4 Å². The summed E-state index contributed by atoms with van der Waals surface area (Å²) in [4.78, 5) is 30.4. The molecule has 4 aliphatic rings. The molecular weight excluding hydrogens is 392 g/mol. The Morgan fingerprint density at radius 1 is 1.26 bits per heavy atom. The minimum absolute atomic E-state index is 0.0472. The molecule has 1 spiro atoms. The Morgan fingerprint density at radius 2 is 2.13 bits per heavy atom. The summed E-state index contributed by atoms with van der Waals surface area (Å²) in [5.74, 6) is 1.84. The summed E-state index contributed by atoms with van der Waals surface area (Å²) >= 11 is 0. The van der Waals surface area contributed by atoms with Crippen molar-refractivity contribution in [3.63, 3.8) is 0 Å². The molecule has 7 heteroatoms. The van der Waals surface area contributed by atoms with Crippen LogP contribution in [0, 0.1) is 28.6 Å². The van der Waals surface area contributed by atoms with Gasteiger partial charge in [-0.05, 0) is 86.3 Å². The molecule has 0 saturated heterocycles. The van der Waals surface area contributed by atoms with Crippen LogP contribution < -0.4 is 5.32 Å². The van der Waals surface area contributed by atoms with E-state index in [9.17, 15) is 9.59 Å². The number of carboxylic acids is 1.